The van der Waals surface area contributed by atoms with Crippen LogP contribution in [0, 0.1) is 18.8 Å². The third-order valence-corrected chi connectivity index (χ3v) is 4.76. The molecule has 2 aromatic heterocycles. The van der Waals surface area contributed by atoms with Crippen molar-refractivity contribution in [3.8, 4) is 17.7 Å². The summed E-state index contributed by atoms with van der Waals surface area (Å²) in [5, 5.41) is 25.2. The predicted octanol–water partition coefficient (Wildman–Crippen LogP) is 0.0117. The average molecular weight is 392 g/mol. The number of aryl methyl sites for hydroxylation is 1. The molecule has 3 heterocycles. The first-order chi connectivity index (χ1) is 13.7. The molecule has 1 aliphatic rings. The summed E-state index contributed by atoms with van der Waals surface area (Å²) in [4.78, 5) is 21.8. The summed E-state index contributed by atoms with van der Waals surface area (Å²) < 4.78 is 1.65. The minimum atomic E-state index is -1.84. The number of β-amino-alcohol motifs (C(OH)–C–C–N with tert-alkyl or cyclic N) is 1. The Labute approximate surface area is 166 Å². The number of aromatic nitrogens is 4. The number of hydrogen-bond acceptors (Lipinski definition) is 7. The zero-order chi connectivity index (χ0) is 20.8. The van der Waals surface area contributed by atoms with E-state index in [1.54, 1.807) is 23.0 Å². The quantitative estimate of drug-likeness (QED) is 0.524. The lowest BCUT2D eigenvalue weighted by Gasteiger charge is -2.38. The third-order valence-electron chi connectivity index (χ3n) is 4.76. The molecule has 29 heavy (non-hydrogen) atoms. The van der Waals surface area contributed by atoms with Gasteiger partial charge in [-0.25, -0.2) is 9.67 Å². The van der Waals surface area contributed by atoms with Crippen molar-refractivity contribution in [2.24, 2.45) is 0 Å². The highest BCUT2D eigenvalue weighted by molar-refractivity contribution is 5.89. The molecule has 0 radical (unpaired) electrons. The lowest BCUT2D eigenvalue weighted by molar-refractivity contribution is -0.154. The van der Waals surface area contributed by atoms with Crippen LogP contribution in [0.4, 0.5) is 5.95 Å². The number of aliphatic hydroxyl groups is 2. The second-order valence-corrected chi connectivity index (χ2v) is 7.19. The molecule has 9 nitrogen and oxygen atoms in total. The summed E-state index contributed by atoms with van der Waals surface area (Å²) in [6.45, 7) is 3.66. The van der Waals surface area contributed by atoms with Crippen molar-refractivity contribution < 1.29 is 15.0 Å². The smallest absolute Gasteiger partial charge is 0.267 e. The van der Waals surface area contributed by atoms with E-state index in [0.717, 1.165) is 16.6 Å². The number of fused-ring (bicyclic) bond motifs is 1. The molecule has 4 rings (SSSR count). The van der Waals surface area contributed by atoms with Crippen LogP contribution in [0.25, 0.3) is 16.7 Å². The SMILES string of the molecule is Cc1nn(-c2ccnc(N)n2)c2cc(C#CC(C)(O)C(=O)N3CC(O)C3)ccc12. The maximum atomic E-state index is 12.3. The van der Waals surface area contributed by atoms with Gasteiger partial charge in [0.05, 0.1) is 17.3 Å². The molecule has 0 aliphatic carbocycles. The number of rotatable bonds is 2. The lowest BCUT2D eigenvalue weighted by Crippen LogP contribution is -2.59. The van der Waals surface area contributed by atoms with Crippen LogP contribution in [0.3, 0.4) is 0 Å². The van der Waals surface area contributed by atoms with Gasteiger partial charge in [0.1, 0.15) is 0 Å². The highest BCUT2D eigenvalue weighted by Gasteiger charge is 2.38. The minimum absolute atomic E-state index is 0.144. The van der Waals surface area contributed by atoms with Gasteiger partial charge < -0.3 is 20.8 Å². The Morgan fingerprint density at radius 3 is 2.79 bits per heavy atom. The van der Waals surface area contributed by atoms with Crippen molar-refractivity contribution in [2.75, 3.05) is 18.8 Å². The van der Waals surface area contributed by atoms with E-state index >= 15 is 0 Å². The minimum Gasteiger partial charge on any atom is -0.389 e. The van der Waals surface area contributed by atoms with E-state index in [2.05, 4.69) is 26.9 Å². The number of carbonyl (C=O) groups is 1. The molecule has 0 spiro atoms. The van der Waals surface area contributed by atoms with Crippen molar-refractivity contribution in [3.05, 3.63) is 41.7 Å². The number of amides is 1. The summed E-state index contributed by atoms with van der Waals surface area (Å²) in [7, 11) is 0. The van der Waals surface area contributed by atoms with Crippen LogP contribution in [0.15, 0.2) is 30.5 Å². The Morgan fingerprint density at radius 1 is 1.34 bits per heavy atom. The first kappa shape index (κ1) is 18.9. The Morgan fingerprint density at radius 2 is 2.10 bits per heavy atom. The molecule has 0 bridgehead atoms. The van der Waals surface area contributed by atoms with Crippen molar-refractivity contribution in [1.29, 1.82) is 0 Å². The number of nitrogens with two attached hydrogens (primary N) is 1. The molecule has 1 fully saturated rings. The van der Waals surface area contributed by atoms with Crippen LogP contribution in [-0.4, -0.2) is 65.6 Å². The van der Waals surface area contributed by atoms with E-state index in [1.807, 2.05) is 19.1 Å². The fourth-order valence-electron chi connectivity index (χ4n) is 3.18. The van der Waals surface area contributed by atoms with Crippen LogP contribution >= 0.6 is 0 Å². The first-order valence-electron chi connectivity index (χ1n) is 9.06. The number of benzene rings is 1. The number of carbonyl (C=O) groups excluding carboxylic acids is 1. The molecule has 1 atom stereocenters. The fourth-order valence-corrected chi connectivity index (χ4v) is 3.18. The monoisotopic (exact) mass is 392 g/mol. The van der Waals surface area contributed by atoms with Crippen LogP contribution < -0.4 is 5.73 Å². The Hall–Kier alpha value is -3.48. The second-order valence-electron chi connectivity index (χ2n) is 7.19. The van der Waals surface area contributed by atoms with Gasteiger partial charge in [0.2, 0.25) is 11.5 Å². The maximum absolute atomic E-state index is 12.3. The fraction of sp³-hybridized carbons (Fsp3) is 0.300. The van der Waals surface area contributed by atoms with Gasteiger partial charge in [-0.15, -0.1) is 0 Å². The molecule has 3 aromatic rings. The number of nitrogen functional groups attached to an aromatic ring is 1. The number of hydrogen-bond donors (Lipinski definition) is 3. The molecule has 0 saturated carbocycles. The van der Waals surface area contributed by atoms with Gasteiger partial charge in [-0.2, -0.15) is 10.1 Å². The number of nitrogens with zero attached hydrogens (tertiary/aromatic N) is 5. The Bertz CT molecular complexity index is 1170. The molecule has 4 N–H and O–H groups in total. The van der Waals surface area contributed by atoms with Gasteiger partial charge in [-0.3, -0.25) is 4.79 Å². The standard InChI is InChI=1S/C20H20N6O3/c1-12-15-4-3-13(5-7-20(2,29)18(28)25-10-14(27)11-25)9-16(15)26(24-12)17-6-8-22-19(21)23-17/h3-4,6,8-9,14,27,29H,10-11H2,1-2H3,(H2,21,22,23). The second kappa shape index (κ2) is 6.84. The van der Waals surface area contributed by atoms with E-state index in [9.17, 15) is 15.0 Å². The Kier molecular flexibility index (Phi) is 4.45. The first-order valence-corrected chi connectivity index (χ1v) is 9.06. The maximum Gasteiger partial charge on any atom is 0.267 e. The largest absolute Gasteiger partial charge is 0.389 e. The van der Waals surface area contributed by atoms with Crippen molar-refractivity contribution >= 4 is 22.8 Å². The van der Waals surface area contributed by atoms with Gasteiger partial charge in [-0.1, -0.05) is 11.8 Å². The highest BCUT2D eigenvalue weighted by Crippen LogP contribution is 2.22. The zero-order valence-electron chi connectivity index (χ0n) is 16.0. The van der Waals surface area contributed by atoms with Crippen LogP contribution in [-0.2, 0) is 4.79 Å². The van der Waals surface area contributed by atoms with E-state index < -0.39 is 17.6 Å². The van der Waals surface area contributed by atoms with Gasteiger partial charge in [0, 0.05) is 36.3 Å². The predicted molar refractivity (Wildman–Crippen MR) is 106 cm³/mol. The molecule has 1 saturated heterocycles. The van der Waals surface area contributed by atoms with E-state index in [-0.39, 0.29) is 19.0 Å². The van der Waals surface area contributed by atoms with Crippen molar-refractivity contribution in [3.63, 3.8) is 0 Å². The topological polar surface area (TPSA) is 130 Å². The normalized spacial score (nSPS) is 16.1. The van der Waals surface area contributed by atoms with Gasteiger partial charge in [0.25, 0.3) is 5.91 Å². The molecule has 1 aliphatic heterocycles. The van der Waals surface area contributed by atoms with Gasteiger partial charge >= 0.3 is 0 Å². The number of aliphatic hydroxyl groups excluding tert-OH is 1. The van der Waals surface area contributed by atoms with Gasteiger partial charge in [-0.05, 0) is 32.0 Å². The molecule has 1 aromatic carbocycles. The zero-order valence-corrected chi connectivity index (χ0v) is 16.0. The highest BCUT2D eigenvalue weighted by atomic mass is 16.3. The average Bonchev–Trinajstić information content (AvgIpc) is 2.99. The summed E-state index contributed by atoms with van der Waals surface area (Å²) in [6, 6.07) is 7.20. The van der Waals surface area contributed by atoms with Crippen LogP contribution in [0.5, 0.6) is 0 Å². The van der Waals surface area contributed by atoms with E-state index in [1.165, 1.54) is 11.8 Å². The van der Waals surface area contributed by atoms with Crippen molar-refractivity contribution in [1.82, 2.24) is 24.6 Å². The molecular formula is C20H20N6O3. The lowest BCUT2D eigenvalue weighted by atomic mass is 10.0. The number of likely N-dealkylation sites (tertiary alicyclic amines) is 1. The summed E-state index contributed by atoms with van der Waals surface area (Å²) in [5.74, 6) is 5.65. The summed E-state index contributed by atoms with van der Waals surface area (Å²) in [6.07, 6.45) is 1.02. The third kappa shape index (κ3) is 3.51. The molecule has 1 unspecified atom stereocenters. The van der Waals surface area contributed by atoms with Crippen LogP contribution in [0.1, 0.15) is 18.2 Å². The molecule has 148 valence electrons. The summed E-state index contributed by atoms with van der Waals surface area (Å²) in [5.41, 5.74) is 6.04. The number of anilines is 1. The van der Waals surface area contributed by atoms with E-state index in [4.69, 9.17) is 5.73 Å². The molecule has 1 amide bonds. The molecular weight excluding hydrogens is 372 g/mol. The summed E-state index contributed by atoms with van der Waals surface area (Å²) >= 11 is 0. The molecule has 9 heteroatoms. The van der Waals surface area contributed by atoms with Gasteiger partial charge in [0.15, 0.2) is 5.82 Å². The van der Waals surface area contributed by atoms with Crippen molar-refractivity contribution in [2.45, 2.75) is 25.6 Å². The van der Waals surface area contributed by atoms with Crippen LogP contribution in [0.2, 0.25) is 0 Å². The van der Waals surface area contributed by atoms with E-state index in [0.29, 0.717) is 11.4 Å². The Balaban J connectivity index is 1.69.